The number of rotatable bonds is 5. The summed E-state index contributed by atoms with van der Waals surface area (Å²) in [7, 11) is -3.55. The molecular weight excluding hydrogens is 288 g/mol. The van der Waals surface area contributed by atoms with Gasteiger partial charge in [-0.2, -0.15) is 5.26 Å². The van der Waals surface area contributed by atoms with Gasteiger partial charge >= 0.3 is 0 Å². The number of hydrogen-bond acceptors (Lipinski definition) is 5. The van der Waals surface area contributed by atoms with Gasteiger partial charge in [-0.15, -0.1) is 0 Å². The fourth-order valence-corrected chi connectivity index (χ4v) is 3.47. The van der Waals surface area contributed by atoms with Crippen LogP contribution in [-0.4, -0.2) is 44.0 Å². The van der Waals surface area contributed by atoms with E-state index in [2.05, 4.69) is 28.5 Å². The molecule has 0 saturated carbocycles. The van der Waals surface area contributed by atoms with Crippen LogP contribution in [0.3, 0.4) is 0 Å². The first-order chi connectivity index (χ1) is 9.92. The van der Waals surface area contributed by atoms with Crippen molar-refractivity contribution in [2.75, 3.05) is 19.6 Å². The quantitative estimate of drug-likeness (QED) is 0.875. The van der Waals surface area contributed by atoms with Crippen molar-refractivity contribution in [3.63, 3.8) is 0 Å². The molecule has 1 fully saturated rings. The van der Waals surface area contributed by atoms with E-state index in [1.54, 1.807) is 0 Å². The molecule has 1 aromatic rings. The van der Waals surface area contributed by atoms with Crippen molar-refractivity contribution in [2.45, 2.75) is 31.2 Å². The molecule has 114 valence electrons. The van der Waals surface area contributed by atoms with Crippen molar-refractivity contribution >= 4 is 10.0 Å². The highest BCUT2D eigenvalue weighted by atomic mass is 32.2. The molecule has 0 bridgehead atoms. The number of pyridine rings is 1. The molecule has 2 rings (SSSR count). The molecule has 0 aliphatic carbocycles. The number of hydrogen-bond donors (Lipinski definition) is 1. The lowest BCUT2D eigenvalue weighted by atomic mass is 10.1. The number of nitrogens with one attached hydrogen (secondary N) is 1. The molecule has 1 saturated heterocycles. The third kappa shape index (κ3) is 4.00. The monoisotopic (exact) mass is 308 g/mol. The second-order valence-corrected chi connectivity index (χ2v) is 7.35. The predicted octanol–water partition coefficient (Wildman–Crippen LogP) is 0.962. The fraction of sp³-hybridized carbons (Fsp3) is 0.571. The van der Waals surface area contributed by atoms with Crippen LogP contribution in [0, 0.1) is 17.2 Å². The van der Waals surface area contributed by atoms with E-state index in [1.807, 2.05) is 6.07 Å². The van der Waals surface area contributed by atoms with Crippen LogP contribution in [0.25, 0.3) is 0 Å². The van der Waals surface area contributed by atoms with Crippen molar-refractivity contribution in [1.82, 2.24) is 14.6 Å². The lowest BCUT2D eigenvalue weighted by Gasteiger charge is -2.20. The Bertz CT molecular complexity index is 619. The van der Waals surface area contributed by atoms with Gasteiger partial charge in [0.2, 0.25) is 10.0 Å². The largest absolute Gasteiger partial charge is 0.301 e. The van der Waals surface area contributed by atoms with Crippen LogP contribution in [0.5, 0.6) is 0 Å². The van der Waals surface area contributed by atoms with Crippen molar-refractivity contribution < 1.29 is 8.42 Å². The van der Waals surface area contributed by atoms with Gasteiger partial charge in [0, 0.05) is 25.3 Å². The lowest BCUT2D eigenvalue weighted by Crippen LogP contribution is -2.33. The van der Waals surface area contributed by atoms with E-state index in [1.165, 1.54) is 18.3 Å². The van der Waals surface area contributed by atoms with E-state index in [9.17, 15) is 8.42 Å². The van der Waals surface area contributed by atoms with E-state index in [-0.39, 0.29) is 10.6 Å². The van der Waals surface area contributed by atoms with Gasteiger partial charge in [0.05, 0.1) is 0 Å². The van der Waals surface area contributed by atoms with Gasteiger partial charge < -0.3 is 4.90 Å². The predicted molar refractivity (Wildman–Crippen MR) is 79.0 cm³/mol. The zero-order valence-electron chi connectivity index (χ0n) is 12.3. The van der Waals surface area contributed by atoms with Crippen LogP contribution in [0.2, 0.25) is 0 Å². The molecule has 1 atom stereocenters. The second-order valence-electron chi connectivity index (χ2n) is 5.59. The molecule has 21 heavy (non-hydrogen) atoms. The molecule has 1 unspecified atom stereocenters. The third-order valence-electron chi connectivity index (χ3n) is 3.77. The molecule has 6 nitrogen and oxygen atoms in total. The van der Waals surface area contributed by atoms with Crippen LogP contribution in [0.1, 0.15) is 26.0 Å². The molecule has 0 amide bonds. The van der Waals surface area contributed by atoms with Crippen LogP contribution in [-0.2, 0) is 10.0 Å². The summed E-state index contributed by atoms with van der Waals surface area (Å²) in [6.45, 7) is 6.67. The van der Waals surface area contributed by atoms with Gasteiger partial charge in [-0.25, -0.2) is 18.1 Å². The summed E-state index contributed by atoms with van der Waals surface area (Å²) in [5, 5.41) is 8.67. The highest BCUT2D eigenvalue weighted by Gasteiger charge is 2.25. The molecule has 1 aliphatic heterocycles. The summed E-state index contributed by atoms with van der Waals surface area (Å²) in [5.41, 5.74) is 0.206. The Morgan fingerprint density at radius 3 is 2.81 bits per heavy atom. The fourth-order valence-electron chi connectivity index (χ4n) is 2.41. The number of nitriles is 1. The average molecular weight is 308 g/mol. The van der Waals surface area contributed by atoms with E-state index in [4.69, 9.17) is 5.26 Å². The maximum atomic E-state index is 12.2. The standard InChI is InChI=1S/C14H20N4O2S/c1-11(2)18-6-5-12(10-18)8-17-21(19,20)14-4-3-13(7-15)16-9-14/h3-4,9,11-12,17H,5-6,8,10H2,1-2H3. The Morgan fingerprint density at radius 2 is 2.29 bits per heavy atom. The summed E-state index contributed by atoms with van der Waals surface area (Å²) in [5.74, 6) is 0.341. The van der Waals surface area contributed by atoms with E-state index in [0.29, 0.717) is 18.5 Å². The molecule has 0 radical (unpaired) electrons. The van der Waals surface area contributed by atoms with Crippen molar-refractivity contribution in [2.24, 2.45) is 5.92 Å². The summed E-state index contributed by atoms with van der Waals surface area (Å²) < 4.78 is 26.9. The van der Waals surface area contributed by atoms with Crippen LogP contribution in [0.15, 0.2) is 23.2 Å². The van der Waals surface area contributed by atoms with Gasteiger partial charge in [0.25, 0.3) is 0 Å². The molecule has 1 aromatic heterocycles. The van der Waals surface area contributed by atoms with Crippen molar-refractivity contribution in [3.05, 3.63) is 24.0 Å². The Hall–Kier alpha value is -1.49. The van der Waals surface area contributed by atoms with Gasteiger partial charge in [-0.1, -0.05) is 0 Å². The Kier molecular flexibility index (Phi) is 4.93. The molecular formula is C14H20N4O2S. The average Bonchev–Trinajstić information content (AvgIpc) is 2.94. The van der Waals surface area contributed by atoms with Gasteiger partial charge in [-0.3, -0.25) is 0 Å². The number of nitrogens with zero attached hydrogens (tertiary/aromatic N) is 3. The molecule has 0 spiro atoms. The smallest absolute Gasteiger partial charge is 0.242 e. The number of aromatic nitrogens is 1. The topological polar surface area (TPSA) is 86.1 Å². The van der Waals surface area contributed by atoms with E-state index in [0.717, 1.165) is 19.5 Å². The third-order valence-corrected chi connectivity index (χ3v) is 5.18. The maximum absolute atomic E-state index is 12.2. The minimum atomic E-state index is -3.55. The first-order valence-electron chi connectivity index (χ1n) is 7.02. The minimum Gasteiger partial charge on any atom is -0.301 e. The van der Waals surface area contributed by atoms with Crippen LogP contribution in [0.4, 0.5) is 0 Å². The summed E-state index contributed by atoms with van der Waals surface area (Å²) in [4.78, 5) is 6.24. The normalized spacial score (nSPS) is 19.8. The SMILES string of the molecule is CC(C)N1CCC(CNS(=O)(=O)c2ccc(C#N)nc2)C1. The molecule has 0 aromatic carbocycles. The highest BCUT2D eigenvalue weighted by Crippen LogP contribution is 2.18. The Labute approximate surface area is 125 Å². The Balaban J connectivity index is 1.94. The van der Waals surface area contributed by atoms with Gasteiger partial charge in [0.15, 0.2) is 0 Å². The molecule has 1 aliphatic rings. The zero-order valence-corrected chi connectivity index (χ0v) is 13.1. The number of likely N-dealkylation sites (tertiary alicyclic amines) is 1. The highest BCUT2D eigenvalue weighted by molar-refractivity contribution is 7.89. The van der Waals surface area contributed by atoms with Gasteiger partial charge in [-0.05, 0) is 44.9 Å². The summed E-state index contributed by atoms with van der Waals surface area (Å²) >= 11 is 0. The second kappa shape index (κ2) is 6.52. The number of sulfonamides is 1. The molecule has 2 heterocycles. The molecule has 7 heteroatoms. The van der Waals surface area contributed by atoms with Crippen molar-refractivity contribution in [3.8, 4) is 6.07 Å². The maximum Gasteiger partial charge on any atom is 0.242 e. The van der Waals surface area contributed by atoms with Crippen LogP contribution >= 0.6 is 0 Å². The van der Waals surface area contributed by atoms with E-state index < -0.39 is 10.0 Å². The van der Waals surface area contributed by atoms with Crippen LogP contribution < -0.4 is 4.72 Å². The summed E-state index contributed by atoms with van der Waals surface area (Å²) in [6, 6.07) is 5.17. The summed E-state index contributed by atoms with van der Waals surface area (Å²) in [6.07, 6.45) is 2.22. The molecule has 1 N–H and O–H groups in total. The lowest BCUT2D eigenvalue weighted by molar-refractivity contribution is 0.265. The Morgan fingerprint density at radius 1 is 1.52 bits per heavy atom. The van der Waals surface area contributed by atoms with Crippen molar-refractivity contribution in [1.29, 1.82) is 5.26 Å². The first kappa shape index (κ1) is 15.9. The first-order valence-corrected chi connectivity index (χ1v) is 8.50. The zero-order chi connectivity index (χ0) is 15.5. The van der Waals surface area contributed by atoms with E-state index >= 15 is 0 Å². The van der Waals surface area contributed by atoms with Gasteiger partial charge in [0.1, 0.15) is 16.7 Å². The minimum absolute atomic E-state index is 0.0974.